The molecular weight excluding hydrogens is 440 g/mol. The third kappa shape index (κ3) is 3.23. The molecule has 0 atom stereocenters. The van der Waals surface area contributed by atoms with E-state index in [1.165, 1.54) is 15.9 Å². The van der Waals surface area contributed by atoms with Crippen molar-refractivity contribution in [3.63, 3.8) is 0 Å². The molecule has 0 saturated carbocycles. The second kappa shape index (κ2) is 7.27. The van der Waals surface area contributed by atoms with Crippen LogP contribution in [0.15, 0.2) is 91.0 Å². The van der Waals surface area contributed by atoms with Gasteiger partial charge in [0.15, 0.2) is 0 Å². The van der Waals surface area contributed by atoms with E-state index in [0.717, 1.165) is 0 Å². The maximum atomic E-state index is 6.76. The molecule has 0 heterocycles. The zero-order valence-electron chi connectivity index (χ0n) is 14.4. The molecule has 0 saturated heterocycles. The van der Waals surface area contributed by atoms with Crippen LogP contribution in [-0.2, 0) is 4.52 Å². The van der Waals surface area contributed by atoms with Gasteiger partial charge < -0.3 is 0 Å². The van der Waals surface area contributed by atoms with Crippen LogP contribution in [0.3, 0.4) is 0 Å². The Labute approximate surface area is 162 Å². The Morgan fingerprint density at radius 1 is 0.680 bits per heavy atom. The number of rotatable bonds is 5. The van der Waals surface area contributed by atoms with E-state index < -0.39 is 4.47 Å². The molecule has 0 radical (unpaired) electrons. The van der Waals surface area contributed by atoms with Gasteiger partial charge in [0.25, 0.3) is 0 Å². The molecule has 0 unspecified atom stereocenters. The van der Waals surface area contributed by atoms with Crippen molar-refractivity contribution in [3.8, 4) is 0 Å². The van der Waals surface area contributed by atoms with Gasteiger partial charge in [-0.1, -0.05) is 0 Å². The summed E-state index contributed by atoms with van der Waals surface area (Å²) in [5.74, 6) is 0. The first kappa shape index (κ1) is 18.1. The Balaban J connectivity index is 2.42. The van der Waals surface area contributed by atoms with Gasteiger partial charge in [0.05, 0.1) is 0 Å². The van der Waals surface area contributed by atoms with E-state index in [1.54, 1.807) is 0 Å². The fourth-order valence-corrected chi connectivity index (χ4v) is 9.83. The molecule has 4 heteroatoms. The van der Waals surface area contributed by atoms with Crippen molar-refractivity contribution in [2.45, 2.75) is 0 Å². The first-order valence-corrected chi connectivity index (χ1v) is 13.1. The van der Waals surface area contributed by atoms with Gasteiger partial charge in [0, 0.05) is 0 Å². The third-order valence-corrected chi connectivity index (χ3v) is 14.0. The first-order valence-electron chi connectivity index (χ1n) is 8.14. The normalized spacial score (nSPS) is 12.7. The summed E-state index contributed by atoms with van der Waals surface area (Å²) in [4.78, 5) is 0. The molecule has 25 heavy (non-hydrogen) atoms. The minimum atomic E-state index is -3.12. The number of halogens is 1. The van der Waals surface area contributed by atoms with E-state index in [2.05, 4.69) is 94.8 Å². The van der Waals surface area contributed by atoms with E-state index in [4.69, 9.17) is 4.52 Å². The molecule has 0 aromatic heterocycles. The van der Waals surface area contributed by atoms with Crippen molar-refractivity contribution in [3.05, 3.63) is 91.0 Å². The van der Waals surface area contributed by atoms with E-state index >= 15 is 0 Å². The summed E-state index contributed by atoms with van der Waals surface area (Å²) < 4.78 is 5.58. The molecular formula is C21H22INOP+. The predicted octanol–water partition coefficient (Wildman–Crippen LogP) is 4.10. The van der Waals surface area contributed by atoms with Crippen LogP contribution >= 0.6 is 26.5 Å². The summed E-state index contributed by atoms with van der Waals surface area (Å²) in [6.45, 7) is 0. The quantitative estimate of drug-likeness (QED) is 0.183. The molecule has 128 valence electrons. The summed E-state index contributed by atoms with van der Waals surface area (Å²) in [6.07, 6.45) is 1.83. The molecule has 0 aliphatic heterocycles. The fraction of sp³-hybridized carbons (Fsp3) is 0.0952. The van der Waals surface area contributed by atoms with E-state index in [0.29, 0.717) is 0 Å². The summed E-state index contributed by atoms with van der Waals surface area (Å²) in [7, 11) is 3.97. The summed E-state index contributed by atoms with van der Waals surface area (Å²) >= 11 is 2.59. The molecule has 3 rings (SSSR count). The summed E-state index contributed by atoms with van der Waals surface area (Å²) in [5, 5.41) is 3.60. The Bertz CT molecular complexity index is 763. The molecule has 0 aliphatic carbocycles. The van der Waals surface area contributed by atoms with Crippen LogP contribution in [-0.4, -0.2) is 25.1 Å². The van der Waals surface area contributed by atoms with Gasteiger partial charge in [-0.2, -0.15) is 0 Å². The molecule has 0 N–H and O–H groups in total. The van der Waals surface area contributed by atoms with Gasteiger partial charge >= 0.3 is 163 Å². The molecule has 3 aromatic carbocycles. The number of hydrogen-bond donors (Lipinski definition) is 0. The van der Waals surface area contributed by atoms with Crippen LogP contribution in [0.5, 0.6) is 0 Å². The molecule has 0 aliphatic rings. The van der Waals surface area contributed by atoms with Crippen LogP contribution in [0, 0.1) is 0 Å². The minimum absolute atomic E-state index is 1.20. The fourth-order valence-electron chi connectivity index (χ4n) is 2.90. The van der Waals surface area contributed by atoms with Crippen molar-refractivity contribution in [2.75, 3.05) is 14.1 Å². The van der Waals surface area contributed by atoms with Crippen LogP contribution in [0.1, 0.15) is 0 Å². The number of benzene rings is 3. The first-order chi connectivity index (χ1) is 12.1. The number of hydrogen-bond acceptors (Lipinski definition) is 1. The number of nitrogens with zero attached hydrogens (tertiary/aromatic N) is 1. The molecule has 0 bridgehead atoms. The van der Waals surface area contributed by atoms with Crippen LogP contribution in [0.4, 0.5) is 0 Å². The monoisotopic (exact) mass is 462 g/mol. The Morgan fingerprint density at radius 3 is 1.28 bits per heavy atom. The van der Waals surface area contributed by atoms with E-state index in [1.807, 2.05) is 43.3 Å². The zero-order valence-corrected chi connectivity index (χ0v) is 17.5. The van der Waals surface area contributed by atoms with Gasteiger partial charge in [-0.15, -0.1) is 0 Å². The maximum absolute atomic E-state index is 6.76. The van der Waals surface area contributed by atoms with Gasteiger partial charge in [-0.3, -0.25) is 0 Å². The SMILES string of the molecule is C[N+](C)=COP(I)(c1ccccc1)(c1ccccc1)c1ccccc1. The molecule has 0 amide bonds. The second-order valence-corrected chi connectivity index (χ2v) is 15.3. The van der Waals surface area contributed by atoms with Crippen molar-refractivity contribution < 1.29 is 9.10 Å². The van der Waals surface area contributed by atoms with E-state index in [-0.39, 0.29) is 0 Å². The average molecular weight is 462 g/mol. The van der Waals surface area contributed by atoms with Crippen molar-refractivity contribution in [1.82, 2.24) is 0 Å². The van der Waals surface area contributed by atoms with Gasteiger partial charge in [-0.25, -0.2) is 0 Å². The van der Waals surface area contributed by atoms with Crippen LogP contribution in [0.2, 0.25) is 0 Å². The standard InChI is InChI=1S/C21H22INOP/c1-23(2)18-24-25(22,19-12-6-3-7-13-19,20-14-8-4-9-15-20)21-16-10-5-11-17-21/h3-18H,1-2H3/q+1. The molecule has 2 nitrogen and oxygen atoms in total. The predicted molar refractivity (Wildman–Crippen MR) is 118 cm³/mol. The van der Waals surface area contributed by atoms with Crippen molar-refractivity contribution >= 4 is 48.8 Å². The van der Waals surface area contributed by atoms with Gasteiger partial charge in [-0.05, 0) is 0 Å². The summed E-state index contributed by atoms with van der Waals surface area (Å²) in [6, 6.07) is 31.7. The zero-order chi connectivity index (χ0) is 17.8. The van der Waals surface area contributed by atoms with Gasteiger partial charge in [0.1, 0.15) is 0 Å². The third-order valence-electron chi connectivity index (χ3n) is 4.11. The van der Waals surface area contributed by atoms with Crippen LogP contribution < -0.4 is 15.9 Å². The summed E-state index contributed by atoms with van der Waals surface area (Å²) in [5.41, 5.74) is 0. The Morgan fingerprint density at radius 2 is 1.00 bits per heavy atom. The molecule has 3 aromatic rings. The van der Waals surface area contributed by atoms with Gasteiger partial charge in [0.2, 0.25) is 0 Å². The average Bonchev–Trinajstić information content (AvgIpc) is 2.68. The van der Waals surface area contributed by atoms with Crippen LogP contribution in [0.25, 0.3) is 0 Å². The van der Waals surface area contributed by atoms with Crippen molar-refractivity contribution in [2.24, 2.45) is 0 Å². The Kier molecular flexibility index (Phi) is 5.26. The molecule has 0 spiro atoms. The topological polar surface area (TPSA) is 12.2 Å². The second-order valence-electron chi connectivity index (χ2n) is 6.11. The Hall–Kier alpha value is -1.71. The molecule has 0 fully saturated rings. The van der Waals surface area contributed by atoms with E-state index in [9.17, 15) is 0 Å². The van der Waals surface area contributed by atoms with Crippen molar-refractivity contribution in [1.29, 1.82) is 0 Å².